The van der Waals surface area contributed by atoms with Crippen molar-refractivity contribution in [3.8, 4) is 5.75 Å². The highest BCUT2D eigenvalue weighted by Gasteiger charge is 2.37. The van der Waals surface area contributed by atoms with Crippen molar-refractivity contribution < 1.29 is 40.7 Å². The van der Waals surface area contributed by atoms with E-state index in [9.17, 15) is 26.4 Å². The summed E-state index contributed by atoms with van der Waals surface area (Å²) in [5.41, 5.74) is 1.79. The van der Waals surface area contributed by atoms with Crippen molar-refractivity contribution in [3.63, 3.8) is 0 Å². The predicted octanol–water partition coefficient (Wildman–Crippen LogP) is 5.11. The Morgan fingerprint density at radius 1 is 1.03 bits per heavy atom. The number of ether oxygens (including phenoxy) is 2. The summed E-state index contributed by atoms with van der Waals surface area (Å²) in [6.45, 7) is 5.82. The van der Waals surface area contributed by atoms with Crippen LogP contribution >= 0.6 is 0 Å². The molecule has 0 spiro atoms. The largest absolute Gasteiger partial charge is 0.573 e. The van der Waals surface area contributed by atoms with Crippen molar-refractivity contribution in [2.75, 3.05) is 24.6 Å². The Bertz CT molecular complexity index is 1310. The highest BCUT2D eigenvalue weighted by Crippen LogP contribution is 2.33. The van der Waals surface area contributed by atoms with E-state index in [1.807, 2.05) is 24.3 Å². The molecule has 0 radical (unpaired) electrons. The van der Waals surface area contributed by atoms with Crippen molar-refractivity contribution in [2.24, 2.45) is 5.16 Å². The minimum absolute atomic E-state index is 0.128. The number of anilines is 1. The third-order valence-corrected chi connectivity index (χ3v) is 8.03. The van der Waals surface area contributed by atoms with E-state index in [4.69, 9.17) is 9.57 Å². The van der Waals surface area contributed by atoms with Gasteiger partial charge >= 0.3 is 12.5 Å². The molecule has 1 fully saturated rings. The van der Waals surface area contributed by atoms with Crippen molar-refractivity contribution >= 4 is 27.5 Å². The molecular formula is C26H30F3N3O6S. The Morgan fingerprint density at radius 2 is 1.67 bits per heavy atom. The van der Waals surface area contributed by atoms with Gasteiger partial charge in [0.2, 0.25) is 10.0 Å². The normalized spacial score (nSPS) is 18.5. The van der Waals surface area contributed by atoms with Crippen LogP contribution in [0.2, 0.25) is 0 Å². The first kappa shape index (κ1) is 28.7. The van der Waals surface area contributed by atoms with Crippen LogP contribution in [-0.2, 0) is 26.0 Å². The number of carbonyl (C=O) groups excluding carboxylic acids is 1. The molecule has 13 heteroatoms. The molecule has 0 saturated carbocycles. The van der Waals surface area contributed by atoms with Gasteiger partial charge < -0.3 is 14.3 Å². The number of amides is 1. The van der Waals surface area contributed by atoms with Gasteiger partial charge in [-0.25, -0.2) is 13.2 Å². The molecule has 0 aliphatic carbocycles. The molecule has 0 N–H and O–H groups in total. The first-order valence-corrected chi connectivity index (χ1v) is 13.8. The van der Waals surface area contributed by atoms with Crippen LogP contribution in [0.4, 0.5) is 23.7 Å². The number of piperidine rings is 1. The number of fused-ring (bicyclic) bond motifs is 1. The van der Waals surface area contributed by atoms with Gasteiger partial charge in [0.05, 0.1) is 22.3 Å². The number of sulfonamides is 1. The standard InChI is InChI=1S/C26H30F3N3O6S/c1-25(2,3)38-24(33)32-20(16-18-6-4-5-7-23(18)32)17-36-30-19-12-14-31(15-13-19)39(34,35)22-10-8-21(9-11-22)37-26(27,28)29/h4-11,20H,12-17H2,1-3H3. The topological polar surface area (TPSA) is 97.7 Å². The number of nitrogens with zero attached hydrogens (tertiary/aromatic N) is 3. The van der Waals surface area contributed by atoms with Gasteiger partial charge in [-0.05, 0) is 63.1 Å². The average molecular weight is 570 g/mol. The second-order valence-electron chi connectivity index (χ2n) is 10.2. The number of carbonyl (C=O) groups is 1. The van der Waals surface area contributed by atoms with Crippen molar-refractivity contribution in [3.05, 3.63) is 54.1 Å². The van der Waals surface area contributed by atoms with Gasteiger partial charge in [-0.3, -0.25) is 4.90 Å². The highest BCUT2D eigenvalue weighted by atomic mass is 32.2. The second-order valence-corrected chi connectivity index (χ2v) is 12.2. The van der Waals surface area contributed by atoms with Crippen LogP contribution < -0.4 is 9.64 Å². The SMILES string of the molecule is CC(C)(C)OC(=O)N1c2ccccc2CC1CON=C1CCN(S(=O)(=O)c2ccc(OC(F)(F)F)cc2)CC1. The van der Waals surface area contributed by atoms with Crippen molar-refractivity contribution in [1.29, 1.82) is 0 Å². The third kappa shape index (κ3) is 7.21. The van der Waals surface area contributed by atoms with Crippen LogP contribution in [0.5, 0.6) is 5.75 Å². The molecule has 1 unspecified atom stereocenters. The predicted molar refractivity (Wildman–Crippen MR) is 137 cm³/mol. The summed E-state index contributed by atoms with van der Waals surface area (Å²) >= 11 is 0. The van der Waals surface area contributed by atoms with E-state index in [0.29, 0.717) is 25.0 Å². The zero-order valence-electron chi connectivity index (χ0n) is 21.8. The van der Waals surface area contributed by atoms with Crippen LogP contribution in [0.15, 0.2) is 58.6 Å². The van der Waals surface area contributed by atoms with Crippen LogP contribution in [0.1, 0.15) is 39.2 Å². The number of para-hydroxylation sites is 1. The quantitative estimate of drug-likeness (QED) is 0.449. The molecule has 1 amide bonds. The number of oxime groups is 1. The molecule has 212 valence electrons. The van der Waals surface area contributed by atoms with Gasteiger partial charge in [0.15, 0.2) is 0 Å². The lowest BCUT2D eigenvalue weighted by Crippen LogP contribution is -2.43. The number of benzene rings is 2. The van der Waals surface area contributed by atoms with E-state index in [-0.39, 0.29) is 30.6 Å². The lowest BCUT2D eigenvalue weighted by molar-refractivity contribution is -0.274. The number of alkyl halides is 3. The molecule has 2 heterocycles. The van der Waals surface area contributed by atoms with Crippen LogP contribution in [0.3, 0.4) is 0 Å². The first-order chi connectivity index (χ1) is 18.2. The van der Waals surface area contributed by atoms with Crippen LogP contribution in [-0.4, -0.2) is 62.2 Å². The Hall–Kier alpha value is -3.32. The molecule has 39 heavy (non-hydrogen) atoms. The second kappa shape index (κ2) is 11.0. The maximum Gasteiger partial charge on any atom is 0.573 e. The minimum Gasteiger partial charge on any atom is -0.443 e. The summed E-state index contributed by atoms with van der Waals surface area (Å²) in [7, 11) is -3.90. The van der Waals surface area contributed by atoms with Crippen molar-refractivity contribution in [2.45, 2.75) is 62.9 Å². The molecule has 1 atom stereocenters. The Morgan fingerprint density at radius 3 is 2.28 bits per heavy atom. The fourth-order valence-electron chi connectivity index (χ4n) is 4.41. The Labute approximate surface area is 225 Å². The zero-order valence-corrected chi connectivity index (χ0v) is 22.6. The lowest BCUT2D eigenvalue weighted by atomic mass is 10.1. The fraction of sp³-hybridized carbons (Fsp3) is 0.462. The van der Waals surface area contributed by atoms with Gasteiger partial charge in [-0.2, -0.15) is 4.31 Å². The Balaban J connectivity index is 1.34. The van der Waals surface area contributed by atoms with E-state index in [0.717, 1.165) is 35.5 Å². The summed E-state index contributed by atoms with van der Waals surface area (Å²) in [5.74, 6) is -0.498. The monoisotopic (exact) mass is 569 g/mol. The molecule has 2 aliphatic heterocycles. The molecular weight excluding hydrogens is 539 g/mol. The smallest absolute Gasteiger partial charge is 0.443 e. The number of hydrogen-bond donors (Lipinski definition) is 0. The summed E-state index contributed by atoms with van der Waals surface area (Å²) in [5, 5.41) is 4.21. The van der Waals surface area contributed by atoms with Crippen LogP contribution in [0.25, 0.3) is 0 Å². The molecule has 2 aromatic rings. The molecule has 2 aromatic carbocycles. The first-order valence-electron chi connectivity index (χ1n) is 12.4. The van der Waals surface area contributed by atoms with Gasteiger partial charge in [0.25, 0.3) is 0 Å². The average Bonchev–Trinajstić information content (AvgIpc) is 3.21. The van der Waals surface area contributed by atoms with Gasteiger partial charge in [-0.15, -0.1) is 13.2 Å². The fourth-order valence-corrected chi connectivity index (χ4v) is 5.85. The highest BCUT2D eigenvalue weighted by molar-refractivity contribution is 7.89. The minimum atomic E-state index is -4.86. The lowest BCUT2D eigenvalue weighted by Gasteiger charge is -2.29. The molecule has 1 saturated heterocycles. The van der Waals surface area contributed by atoms with E-state index in [2.05, 4.69) is 9.89 Å². The van der Waals surface area contributed by atoms with Crippen LogP contribution in [0, 0.1) is 0 Å². The van der Waals surface area contributed by atoms with E-state index >= 15 is 0 Å². The third-order valence-electron chi connectivity index (χ3n) is 6.12. The molecule has 9 nitrogen and oxygen atoms in total. The van der Waals surface area contributed by atoms with Crippen molar-refractivity contribution in [1.82, 2.24) is 4.31 Å². The number of rotatable bonds is 6. The van der Waals surface area contributed by atoms with Gasteiger partial charge in [0, 0.05) is 25.9 Å². The maximum absolute atomic E-state index is 12.9. The van der Waals surface area contributed by atoms with E-state index in [1.165, 1.54) is 4.31 Å². The number of halogens is 3. The summed E-state index contributed by atoms with van der Waals surface area (Å²) in [6.07, 6.45) is -4.09. The molecule has 4 rings (SSSR count). The summed E-state index contributed by atoms with van der Waals surface area (Å²) in [4.78, 5) is 20.0. The molecule has 2 aliphatic rings. The van der Waals surface area contributed by atoms with Gasteiger partial charge in [0.1, 0.15) is 18.0 Å². The zero-order chi connectivity index (χ0) is 28.4. The van der Waals surface area contributed by atoms with E-state index < -0.39 is 33.8 Å². The van der Waals surface area contributed by atoms with E-state index in [1.54, 1.807) is 25.7 Å². The maximum atomic E-state index is 12.9. The molecule has 0 aromatic heterocycles. The Kier molecular flexibility index (Phi) is 8.12. The molecule has 0 bridgehead atoms. The number of hydrogen-bond acceptors (Lipinski definition) is 7. The van der Waals surface area contributed by atoms with Gasteiger partial charge in [-0.1, -0.05) is 23.4 Å². The summed E-state index contributed by atoms with van der Waals surface area (Å²) < 4.78 is 73.6. The summed E-state index contributed by atoms with van der Waals surface area (Å²) in [6, 6.07) is 11.3.